The molecule has 0 fully saturated rings. The molecule has 0 aliphatic carbocycles. The summed E-state index contributed by atoms with van der Waals surface area (Å²) in [4.78, 5) is 22.1. The Hall–Kier alpha value is -1.67. The van der Waals surface area contributed by atoms with Gasteiger partial charge >= 0.3 is 11.9 Å². The van der Waals surface area contributed by atoms with Crippen molar-refractivity contribution < 1.29 is 32.8 Å². The van der Waals surface area contributed by atoms with Crippen molar-refractivity contribution in [2.45, 2.75) is 24.0 Å². The van der Waals surface area contributed by atoms with E-state index in [0.717, 1.165) is 0 Å². The maximum atomic E-state index is 11.5. The van der Waals surface area contributed by atoms with E-state index in [1.165, 1.54) is 12.2 Å². The van der Waals surface area contributed by atoms with Crippen LogP contribution in [0.15, 0.2) is 25.3 Å². The standard InChI is InChI=1S/C11H16O7S/c1-3-5-8(6-4-2)11(10(14)15,7-9(12)13)19(16,17)18/h3-4,8H,1-2,5-7H2,(H,12,13)(H,14,15)(H,16,17,18). The summed E-state index contributed by atoms with van der Waals surface area (Å²) in [6.07, 6.45) is 1.10. The lowest BCUT2D eigenvalue weighted by atomic mass is 9.83. The highest BCUT2D eigenvalue weighted by molar-refractivity contribution is 7.88. The molecule has 19 heavy (non-hydrogen) atoms. The van der Waals surface area contributed by atoms with Crippen LogP contribution in [0.2, 0.25) is 0 Å². The van der Waals surface area contributed by atoms with Crippen molar-refractivity contribution >= 4 is 22.1 Å². The minimum absolute atomic E-state index is 0.0919. The van der Waals surface area contributed by atoms with E-state index in [9.17, 15) is 22.6 Å². The molecule has 0 aliphatic rings. The molecule has 0 aliphatic heterocycles. The molecular weight excluding hydrogens is 276 g/mol. The average Bonchev–Trinajstić information content (AvgIpc) is 2.23. The fourth-order valence-corrected chi connectivity index (χ4v) is 3.05. The fraction of sp³-hybridized carbons (Fsp3) is 0.455. The predicted octanol–water partition coefficient (Wildman–Crippen LogP) is 0.941. The Morgan fingerprint density at radius 2 is 1.58 bits per heavy atom. The van der Waals surface area contributed by atoms with Crippen molar-refractivity contribution in [3.63, 3.8) is 0 Å². The van der Waals surface area contributed by atoms with Crippen LogP contribution in [0.25, 0.3) is 0 Å². The first-order chi connectivity index (χ1) is 8.63. The highest BCUT2D eigenvalue weighted by Crippen LogP contribution is 2.36. The topological polar surface area (TPSA) is 129 Å². The van der Waals surface area contributed by atoms with Crippen LogP contribution < -0.4 is 0 Å². The molecule has 8 heteroatoms. The third-order valence-corrected chi connectivity index (χ3v) is 4.37. The lowest BCUT2D eigenvalue weighted by Crippen LogP contribution is -2.53. The van der Waals surface area contributed by atoms with E-state index in [1.807, 2.05) is 0 Å². The predicted molar refractivity (Wildman–Crippen MR) is 67.3 cm³/mol. The molecule has 0 spiro atoms. The molecule has 3 N–H and O–H groups in total. The molecule has 0 bridgehead atoms. The molecule has 0 radical (unpaired) electrons. The number of carboxylic acid groups (broad SMARTS) is 2. The molecule has 0 saturated carbocycles. The van der Waals surface area contributed by atoms with Crippen molar-refractivity contribution in [3.8, 4) is 0 Å². The van der Waals surface area contributed by atoms with E-state index in [-0.39, 0.29) is 12.8 Å². The third kappa shape index (κ3) is 3.65. The Morgan fingerprint density at radius 3 is 1.79 bits per heavy atom. The molecule has 1 unspecified atom stereocenters. The average molecular weight is 292 g/mol. The Bertz CT molecular complexity index is 469. The van der Waals surface area contributed by atoms with Gasteiger partial charge in [0, 0.05) is 0 Å². The van der Waals surface area contributed by atoms with Crippen LogP contribution in [0.4, 0.5) is 0 Å². The van der Waals surface area contributed by atoms with Gasteiger partial charge in [-0.25, -0.2) is 0 Å². The van der Waals surface area contributed by atoms with E-state index in [1.54, 1.807) is 0 Å². The minimum Gasteiger partial charge on any atom is -0.481 e. The van der Waals surface area contributed by atoms with Crippen molar-refractivity contribution in [2.75, 3.05) is 0 Å². The van der Waals surface area contributed by atoms with E-state index in [2.05, 4.69) is 13.2 Å². The fourth-order valence-electron chi connectivity index (χ4n) is 1.91. The number of carboxylic acids is 2. The van der Waals surface area contributed by atoms with Crippen LogP contribution in [-0.4, -0.2) is 39.9 Å². The molecule has 0 aromatic rings. The number of allylic oxidation sites excluding steroid dienone is 2. The van der Waals surface area contributed by atoms with Gasteiger partial charge in [-0.2, -0.15) is 8.42 Å². The summed E-state index contributed by atoms with van der Waals surface area (Å²) in [6.45, 7) is 6.73. The van der Waals surface area contributed by atoms with Gasteiger partial charge < -0.3 is 10.2 Å². The van der Waals surface area contributed by atoms with Crippen LogP contribution in [0.5, 0.6) is 0 Å². The zero-order chi connectivity index (χ0) is 15.3. The summed E-state index contributed by atoms with van der Waals surface area (Å²) >= 11 is 0. The van der Waals surface area contributed by atoms with Crippen molar-refractivity contribution in [1.29, 1.82) is 0 Å². The van der Waals surface area contributed by atoms with Gasteiger partial charge in [0.25, 0.3) is 10.1 Å². The molecular formula is C11H16O7S. The van der Waals surface area contributed by atoms with Gasteiger partial charge in [-0.05, 0) is 18.8 Å². The Kier molecular flexibility index (Phi) is 5.91. The van der Waals surface area contributed by atoms with Crippen LogP contribution in [0.3, 0.4) is 0 Å². The van der Waals surface area contributed by atoms with Gasteiger partial charge in [-0.15, -0.1) is 13.2 Å². The number of hydrogen-bond acceptors (Lipinski definition) is 4. The van der Waals surface area contributed by atoms with Gasteiger partial charge in [0.15, 0.2) is 0 Å². The first-order valence-electron chi connectivity index (χ1n) is 5.27. The molecule has 0 saturated heterocycles. The smallest absolute Gasteiger partial charge is 0.328 e. The number of hydrogen-bond donors (Lipinski definition) is 3. The van der Waals surface area contributed by atoms with Crippen molar-refractivity contribution in [3.05, 3.63) is 25.3 Å². The Balaban J connectivity index is 6.07. The SMILES string of the molecule is C=CCC(CC=C)C(CC(=O)O)(C(=O)O)S(=O)(=O)O. The second-order valence-corrected chi connectivity index (χ2v) is 5.66. The normalized spacial score (nSPS) is 14.6. The zero-order valence-corrected chi connectivity index (χ0v) is 11.0. The van der Waals surface area contributed by atoms with Gasteiger partial charge in [0.05, 0.1) is 6.42 Å². The molecule has 1 atom stereocenters. The quantitative estimate of drug-likeness (QED) is 0.426. The molecule has 7 nitrogen and oxygen atoms in total. The summed E-state index contributed by atoms with van der Waals surface area (Å²) in [5, 5.41) is 17.9. The van der Waals surface area contributed by atoms with E-state index in [0.29, 0.717) is 0 Å². The number of aliphatic carboxylic acids is 2. The zero-order valence-electron chi connectivity index (χ0n) is 10.2. The summed E-state index contributed by atoms with van der Waals surface area (Å²) in [7, 11) is -5.14. The molecule has 0 aromatic carbocycles. The third-order valence-electron chi connectivity index (χ3n) is 2.80. The molecule has 0 rings (SSSR count). The summed E-state index contributed by atoms with van der Waals surface area (Å²) in [5.74, 6) is -4.73. The van der Waals surface area contributed by atoms with Gasteiger partial charge in [0.2, 0.25) is 4.75 Å². The van der Waals surface area contributed by atoms with Crippen molar-refractivity contribution in [2.24, 2.45) is 5.92 Å². The van der Waals surface area contributed by atoms with Crippen LogP contribution in [0.1, 0.15) is 19.3 Å². The van der Waals surface area contributed by atoms with Gasteiger partial charge in [0.1, 0.15) is 0 Å². The number of carbonyl (C=O) groups is 2. The van der Waals surface area contributed by atoms with Gasteiger partial charge in [-0.1, -0.05) is 12.2 Å². The Labute approximate surface area is 111 Å². The monoisotopic (exact) mass is 292 g/mol. The lowest BCUT2D eigenvalue weighted by Gasteiger charge is -2.32. The largest absolute Gasteiger partial charge is 0.481 e. The highest BCUT2D eigenvalue weighted by atomic mass is 32.2. The van der Waals surface area contributed by atoms with Crippen LogP contribution >= 0.6 is 0 Å². The second-order valence-electron chi connectivity index (χ2n) is 3.99. The molecule has 0 heterocycles. The van der Waals surface area contributed by atoms with E-state index >= 15 is 0 Å². The van der Waals surface area contributed by atoms with Crippen LogP contribution in [0, 0.1) is 5.92 Å². The van der Waals surface area contributed by atoms with E-state index in [4.69, 9.17) is 10.2 Å². The minimum atomic E-state index is -5.14. The number of rotatable bonds is 9. The molecule has 0 amide bonds. The first kappa shape index (κ1) is 17.3. The van der Waals surface area contributed by atoms with Crippen molar-refractivity contribution in [1.82, 2.24) is 0 Å². The van der Waals surface area contributed by atoms with Gasteiger partial charge in [-0.3, -0.25) is 14.1 Å². The summed E-state index contributed by atoms with van der Waals surface area (Å²) in [6, 6.07) is 0. The maximum Gasteiger partial charge on any atom is 0.328 e. The molecule has 108 valence electrons. The molecule has 0 aromatic heterocycles. The lowest BCUT2D eigenvalue weighted by molar-refractivity contribution is -0.148. The van der Waals surface area contributed by atoms with Crippen LogP contribution in [-0.2, 0) is 19.7 Å². The highest BCUT2D eigenvalue weighted by Gasteiger charge is 2.57. The van der Waals surface area contributed by atoms with E-state index < -0.39 is 39.1 Å². The summed E-state index contributed by atoms with van der Waals surface area (Å²) in [5.41, 5.74) is 0. The maximum absolute atomic E-state index is 11.5. The summed E-state index contributed by atoms with van der Waals surface area (Å²) < 4.78 is 29.3. The second kappa shape index (κ2) is 6.48. The first-order valence-corrected chi connectivity index (χ1v) is 6.71. The Morgan fingerprint density at radius 1 is 1.16 bits per heavy atom.